The summed E-state index contributed by atoms with van der Waals surface area (Å²) in [6, 6.07) is 1.81. The number of esters is 2. The number of rotatable bonds is 3. The third-order valence-corrected chi connectivity index (χ3v) is 3.20. The molecule has 0 saturated heterocycles. The van der Waals surface area contributed by atoms with Crippen LogP contribution in [0.5, 0.6) is 0 Å². The second kappa shape index (κ2) is 5.32. The van der Waals surface area contributed by atoms with Gasteiger partial charge in [-0.05, 0) is 12.1 Å². The molecule has 0 fully saturated rings. The summed E-state index contributed by atoms with van der Waals surface area (Å²) in [6.07, 6.45) is 0. The Morgan fingerprint density at radius 2 is 1.50 bits per heavy atom. The second-order valence-corrected chi connectivity index (χ2v) is 5.56. The largest absolute Gasteiger partial charge is 0.464 e. The first-order valence-electron chi connectivity index (χ1n) is 4.43. The summed E-state index contributed by atoms with van der Waals surface area (Å²) in [4.78, 5) is 25.7. The van der Waals surface area contributed by atoms with Crippen LogP contribution in [0.4, 0.5) is 0 Å². The molecule has 0 spiro atoms. The van der Waals surface area contributed by atoms with Gasteiger partial charge in [0.1, 0.15) is 0 Å². The van der Waals surface area contributed by atoms with Crippen LogP contribution in [-0.4, -0.2) is 39.6 Å². The van der Waals surface area contributed by atoms with Gasteiger partial charge in [0.15, 0.2) is 11.4 Å². The van der Waals surface area contributed by atoms with Crippen molar-refractivity contribution in [3.05, 3.63) is 23.5 Å². The highest BCUT2D eigenvalue weighted by molar-refractivity contribution is 8.13. The van der Waals surface area contributed by atoms with Crippen LogP contribution in [0, 0.1) is 0 Å². The van der Waals surface area contributed by atoms with Gasteiger partial charge < -0.3 is 9.47 Å². The van der Waals surface area contributed by atoms with E-state index in [4.69, 9.17) is 10.7 Å². The highest BCUT2D eigenvalue weighted by Gasteiger charge is 2.20. The summed E-state index contributed by atoms with van der Waals surface area (Å²) in [6.45, 7) is 0. The number of halogens is 1. The molecule has 0 amide bonds. The Morgan fingerprint density at radius 1 is 1.11 bits per heavy atom. The average molecular weight is 294 g/mol. The van der Waals surface area contributed by atoms with Crippen LogP contribution in [0.1, 0.15) is 21.0 Å². The molecule has 0 aliphatic rings. The lowest BCUT2D eigenvalue weighted by atomic mass is 10.3. The third kappa shape index (κ3) is 3.17. The fourth-order valence-corrected chi connectivity index (χ4v) is 1.84. The van der Waals surface area contributed by atoms with Crippen molar-refractivity contribution in [2.45, 2.75) is 4.90 Å². The lowest BCUT2D eigenvalue weighted by Gasteiger charge is -2.04. The number of nitrogens with zero attached hydrogens (tertiary/aromatic N) is 1. The minimum absolute atomic E-state index is 0.361. The van der Waals surface area contributed by atoms with Gasteiger partial charge in [0.25, 0.3) is 9.05 Å². The standard InChI is InChI=1S/C9H8ClNO6S/c1-16-8(12)6-3-5(18(10,14)15)4-7(11-6)9(13)17-2/h3-4H,1-2H3. The Kier molecular flexibility index (Phi) is 4.25. The number of hydrogen-bond donors (Lipinski definition) is 0. The van der Waals surface area contributed by atoms with Gasteiger partial charge >= 0.3 is 11.9 Å². The number of carbonyl (C=O) groups excluding carboxylic acids is 2. The van der Waals surface area contributed by atoms with Gasteiger partial charge in [-0.3, -0.25) is 0 Å². The van der Waals surface area contributed by atoms with Crippen LogP contribution < -0.4 is 0 Å². The summed E-state index contributed by atoms with van der Waals surface area (Å²) in [7, 11) is 3.20. The van der Waals surface area contributed by atoms with E-state index in [2.05, 4.69) is 14.5 Å². The molecule has 18 heavy (non-hydrogen) atoms. The number of pyridine rings is 1. The number of methoxy groups -OCH3 is 2. The molecular formula is C9H8ClNO6S. The number of aromatic nitrogens is 1. The predicted octanol–water partition coefficient (Wildman–Crippen LogP) is 0.582. The van der Waals surface area contributed by atoms with E-state index in [0.29, 0.717) is 0 Å². The van der Waals surface area contributed by atoms with E-state index >= 15 is 0 Å². The first-order chi connectivity index (χ1) is 8.29. The van der Waals surface area contributed by atoms with Gasteiger partial charge in [0.2, 0.25) is 0 Å². The summed E-state index contributed by atoms with van der Waals surface area (Å²) >= 11 is 0. The molecule has 98 valence electrons. The second-order valence-electron chi connectivity index (χ2n) is 2.99. The Balaban J connectivity index is 3.48. The molecule has 7 nitrogen and oxygen atoms in total. The normalized spacial score (nSPS) is 10.8. The van der Waals surface area contributed by atoms with Crippen molar-refractivity contribution >= 4 is 31.7 Å². The van der Waals surface area contributed by atoms with Crippen LogP contribution >= 0.6 is 10.7 Å². The number of ether oxygens (including phenoxy) is 2. The van der Waals surface area contributed by atoms with E-state index in [-0.39, 0.29) is 11.4 Å². The molecule has 0 radical (unpaired) electrons. The van der Waals surface area contributed by atoms with Crippen molar-refractivity contribution in [1.82, 2.24) is 4.98 Å². The van der Waals surface area contributed by atoms with E-state index in [0.717, 1.165) is 26.4 Å². The predicted molar refractivity (Wildman–Crippen MR) is 60.0 cm³/mol. The summed E-state index contributed by atoms with van der Waals surface area (Å²) < 4.78 is 31.1. The van der Waals surface area contributed by atoms with Gasteiger partial charge in [0.05, 0.1) is 19.1 Å². The Hall–Kier alpha value is -1.67. The van der Waals surface area contributed by atoms with E-state index < -0.39 is 25.9 Å². The third-order valence-electron chi connectivity index (χ3n) is 1.87. The Labute approximate surface area is 107 Å². The van der Waals surface area contributed by atoms with Crippen molar-refractivity contribution in [3.63, 3.8) is 0 Å². The fourth-order valence-electron chi connectivity index (χ4n) is 1.06. The van der Waals surface area contributed by atoms with Gasteiger partial charge in [0, 0.05) is 10.7 Å². The maximum absolute atomic E-state index is 11.3. The molecule has 0 aromatic carbocycles. The Morgan fingerprint density at radius 3 is 1.78 bits per heavy atom. The molecule has 0 atom stereocenters. The van der Waals surface area contributed by atoms with Gasteiger partial charge in [-0.2, -0.15) is 0 Å². The van der Waals surface area contributed by atoms with Crippen LogP contribution in [0.3, 0.4) is 0 Å². The van der Waals surface area contributed by atoms with E-state index in [9.17, 15) is 18.0 Å². The van der Waals surface area contributed by atoms with E-state index in [1.807, 2.05) is 0 Å². The summed E-state index contributed by atoms with van der Waals surface area (Å²) in [5.41, 5.74) is -0.723. The molecule has 0 N–H and O–H groups in total. The van der Waals surface area contributed by atoms with Crippen molar-refractivity contribution in [1.29, 1.82) is 0 Å². The fraction of sp³-hybridized carbons (Fsp3) is 0.222. The zero-order chi connectivity index (χ0) is 13.9. The van der Waals surface area contributed by atoms with Gasteiger partial charge in [-0.25, -0.2) is 23.0 Å². The molecule has 0 bridgehead atoms. The van der Waals surface area contributed by atoms with E-state index in [1.165, 1.54) is 0 Å². The monoisotopic (exact) mass is 293 g/mol. The summed E-state index contributed by atoms with van der Waals surface area (Å²) in [5, 5.41) is 0. The first-order valence-corrected chi connectivity index (χ1v) is 6.74. The molecule has 0 aliphatic heterocycles. The maximum Gasteiger partial charge on any atom is 0.356 e. The minimum atomic E-state index is -4.11. The lowest BCUT2D eigenvalue weighted by molar-refractivity contribution is 0.0585. The van der Waals surface area contributed by atoms with Crippen molar-refractivity contribution < 1.29 is 27.5 Å². The van der Waals surface area contributed by atoms with Crippen molar-refractivity contribution in [2.24, 2.45) is 0 Å². The SMILES string of the molecule is COC(=O)c1cc(S(=O)(=O)Cl)cc(C(=O)OC)n1. The van der Waals surface area contributed by atoms with Crippen molar-refractivity contribution in [2.75, 3.05) is 14.2 Å². The molecule has 1 heterocycles. The average Bonchev–Trinajstić information content (AvgIpc) is 2.35. The molecule has 1 rings (SSSR count). The zero-order valence-corrected chi connectivity index (χ0v) is 10.9. The lowest BCUT2D eigenvalue weighted by Crippen LogP contribution is -2.12. The first kappa shape index (κ1) is 14.4. The molecule has 1 aromatic rings. The smallest absolute Gasteiger partial charge is 0.356 e. The molecule has 0 aliphatic carbocycles. The van der Waals surface area contributed by atoms with Gasteiger partial charge in [-0.1, -0.05) is 0 Å². The molecule has 0 unspecified atom stereocenters. The van der Waals surface area contributed by atoms with Crippen molar-refractivity contribution in [3.8, 4) is 0 Å². The molecule has 1 aromatic heterocycles. The maximum atomic E-state index is 11.3. The van der Waals surface area contributed by atoms with Gasteiger partial charge in [-0.15, -0.1) is 0 Å². The van der Waals surface area contributed by atoms with Crippen LogP contribution in [-0.2, 0) is 18.5 Å². The van der Waals surface area contributed by atoms with Crippen LogP contribution in [0.2, 0.25) is 0 Å². The minimum Gasteiger partial charge on any atom is -0.464 e. The van der Waals surface area contributed by atoms with Crippen LogP contribution in [0.25, 0.3) is 0 Å². The zero-order valence-electron chi connectivity index (χ0n) is 9.34. The Bertz CT molecular complexity index is 563. The summed E-state index contributed by atoms with van der Waals surface area (Å²) in [5.74, 6) is -1.80. The molecule has 9 heteroatoms. The number of hydrogen-bond acceptors (Lipinski definition) is 7. The molecular weight excluding hydrogens is 286 g/mol. The highest BCUT2D eigenvalue weighted by atomic mass is 35.7. The van der Waals surface area contributed by atoms with E-state index in [1.54, 1.807) is 0 Å². The van der Waals surface area contributed by atoms with Crippen LogP contribution in [0.15, 0.2) is 17.0 Å². The highest BCUT2D eigenvalue weighted by Crippen LogP contribution is 2.18. The quantitative estimate of drug-likeness (QED) is 0.593. The number of carbonyl (C=O) groups is 2. The topological polar surface area (TPSA) is 99.6 Å². The molecule has 0 saturated carbocycles.